The number of aryl methyl sites for hydroxylation is 3. The lowest BCUT2D eigenvalue weighted by Crippen LogP contribution is -2.03. The van der Waals surface area contributed by atoms with Crippen LogP contribution >= 0.6 is 0 Å². The second kappa shape index (κ2) is 8.78. The molecule has 32 heavy (non-hydrogen) atoms. The van der Waals surface area contributed by atoms with E-state index in [9.17, 15) is 0 Å². The minimum atomic E-state index is 0.290. The van der Waals surface area contributed by atoms with Gasteiger partial charge < -0.3 is 15.8 Å². The molecule has 0 spiro atoms. The van der Waals surface area contributed by atoms with E-state index in [1.54, 1.807) is 30.3 Å². The summed E-state index contributed by atoms with van der Waals surface area (Å²) in [7, 11) is 0. The lowest BCUT2D eigenvalue weighted by molar-refractivity contribution is 0.456. The number of ether oxygens (including phenoxy) is 1. The second-order valence-corrected chi connectivity index (χ2v) is 7.68. The minimum Gasteiger partial charge on any atom is -0.438 e. The van der Waals surface area contributed by atoms with Gasteiger partial charge in [0, 0.05) is 11.8 Å². The van der Waals surface area contributed by atoms with Gasteiger partial charge in [-0.3, -0.25) is 0 Å². The molecule has 0 saturated carbocycles. The van der Waals surface area contributed by atoms with Crippen LogP contribution in [-0.2, 0) is 0 Å². The number of aromatic nitrogens is 2. The van der Waals surface area contributed by atoms with Crippen molar-refractivity contribution in [3.8, 4) is 28.8 Å². The van der Waals surface area contributed by atoms with E-state index in [0.29, 0.717) is 17.4 Å². The molecule has 0 atom stereocenters. The van der Waals surface area contributed by atoms with Crippen molar-refractivity contribution in [2.75, 3.05) is 11.1 Å². The third-order valence-electron chi connectivity index (χ3n) is 5.04. The Kier molecular flexibility index (Phi) is 5.73. The molecule has 0 unspecified atom stereocenters. The summed E-state index contributed by atoms with van der Waals surface area (Å²) in [6, 6.07) is 23.3. The van der Waals surface area contributed by atoms with Gasteiger partial charge in [-0.25, -0.2) is 0 Å². The van der Waals surface area contributed by atoms with E-state index in [1.807, 2.05) is 13.8 Å². The Hall–Kier alpha value is -4.37. The molecular weight excluding hydrogens is 398 g/mol. The molecule has 3 aromatic carbocycles. The number of hydrogen-bond acceptors (Lipinski definition) is 6. The van der Waals surface area contributed by atoms with Gasteiger partial charge in [-0.05, 0) is 79.4 Å². The number of anilines is 3. The number of nitrogens with one attached hydrogen (secondary N) is 1. The number of nitrogen functional groups attached to an aromatic ring is 1. The first kappa shape index (κ1) is 20.9. The fraction of sp³-hybridized carbons (Fsp3) is 0.115. The predicted octanol–water partition coefficient (Wildman–Crippen LogP) is 6.06. The molecule has 3 N–H and O–H groups in total. The second-order valence-electron chi connectivity index (χ2n) is 7.68. The van der Waals surface area contributed by atoms with Crippen LogP contribution in [0.3, 0.4) is 0 Å². The zero-order valence-corrected chi connectivity index (χ0v) is 18.2. The highest BCUT2D eigenvalue weighted by atomic mass is 16.5. The van der Waals surface area contributed by atoms with Crippen molar-refractivity contribution >= 4 is 17.5 Å². The molecule has 0 aliphatic rings. The van der Waals surface area contributed by atoms with Gasteiger partial charge in [0.1, 0.15) is 11.6 Å². The van der Waals surface area contributed by atoms with Crippen molar-refractivity contribution < 1.29 is 4.74 Å². The van der Waals surface area contributed by atoms with Gasteiger partial charge in [0.2, 0.25) is 11.8 Å². The van der Waals surface area contributed by atoms with E-state index in [4.69, 9.17) is 15.7 Å². The summed E-state index contributed by atoms with van der Waals surface area (Å²) < 4.78 is 6.13. The highest BCUT2D eigenvalue weighted by Gasteiger charge is 2.12. The molecule has 158 valence electrons. The fourth-order valence-corrected chi connectivity index (χ4v) is 3.44. The molecule has 0 fully saturated rings. The maximum atomic E-state index is 8.94. The number of hydrogen-bond donors (Lipinski definition) is 2. The van der Waals surface area contributed by atoms with Gasteiger partial charge in [-0.15, -0.1) is 0 Å². The lowest BCUT2D eigenvalue weighted by atomic mass is 9.99. The van der Waals surface area contributed by atoms with Crippen molar-refractivity contribution in [3.05, 3.63) is 89.0 Å². The van der Waals surface area contributed by atoms with Crippen molar-refractivity contribution in [2.24, 2.45) is 0 Å². The molecule has 6 nitrogen and oxygen atoms in total. The van der Waals surface area contributed by atoms with E-state index in [1.165, 1.54) is 5.56 Å². The van der Waals surface area contributed by atoms with Gasteiger partial charge >= 0.3 is 0 Å². The quantitative estimate of drug-likeness (QED) is 0.407. The number of nitriles is 1. The van der Waals surface area contributed by atoms with Gasteiger partial charge in [-0.1, -0.05) is 29.8 Å². The molecule has 0 amide bonds. The van der Waals surface area contributed by atoms with Gasteiger partial charge in [0.25, 0.3) is 0 Å². The van der Waals surface area contributed by atoms with E-state index in [0.717, 1.165) is 33.7 Å². The van der Waals surface area contributed by atoms with Crippen molar-refractivity contribution in [2.45, 2.75) is 20.8 Å². The molecule has 0 bridgehead atoms. The summed E-state index contributed by atoms with van der Waals surface area (Å²) in [6.45, 7) is 6.11. The molecular formula is C26H23N5O. The summed E-state index contributed by atoms with van der Waals surface area (Å²) in [4.78, 5) is 8.68. The SMILES string of the molecule is Cc1ccc(-c2cc(C)c(Oc3cc(N)nc(Nc4ccc(C#N)cc4)n3)c(C)c2)cc1. The van der Waals surface area contributed by atoms with Gasteiger partial charge in [-0.2, -0.15) is 15.2 Å². The maximum Gasteiger partial charge on any atom is 0.232 e. The number of nitrogens with two attached hydrogens (primary N) is 1. The summed E-state index contributed by atoms with van der Waals surface area (Å²) in [5.41, 5.74) is 12.8. The van der Waals surface area contributed by atoms with Crippen LogP contribution in [0, 0.1) is 32.1 Å². The van der Waals surface area contributed by atoms with Crippen LogP contribution in [0.1, 0.15) is 22.3 Å². The fourth-order valence-electron chi connectivity index (χ4n) is 3.44. The normalized spacial score (nSPS) is 10.4. The smallest absolute Gasteiger partial charge is 0.232 e. The first-order chi connectivity index (χ1) is 15.4. The monoisotopic (exact) mass is 421 g/mol. The number of benzene rings is 3. The Morgan fingerprint density at radius 1 is 0.844 bits per heavy atom. The van der Waals surface area contributed by atoms with E-state index >= 15 is 0 Å². The number of rotatable bonds is 5. The molecule has 0 aliphatic carbocycles. The summed E-state index contributed by atoms with van der Waals surface area (Å²) in [6.07, 6.45) is 0. The Labute approximate surface area is 187 Å². The van der Waals surface area contributed by atoms with E-state index in [-0.39, 0.29) is 5.82 Å². The lowest BCUT2D eigenvalue weighted by Gasteiger charge is -2.15. The molecule has 0 aliphatic heterocycles. The predicted molar refractivity (Wildman–Crippen MR) is 127 cm³/mol. The highest BCUT2D eigenvalue weighted by Crippen LogP contribution is 2.33. The Balaban J connectivity index is 1.59. The Bertz CT molecular complexity index is 1280. The first-order valence-electron chi connectivity index (χ1n) is 10.2. The van der Waals surface area contributed by atoms with Crippen LogP contribution in [0.25, 0.3) is 11.1 Å². The molecule has 4 rings (SSSR count). The highest BCUT2D eigenvalue weighted by molar-refractivity contribution is 5.68. The topological polar surface area (TPSA) is 96.9 Å². The van der Waals surface area contributed by atoms with Crippen LogP contribution in [0.2, 0.25) is 0 Å². The molecule has 1 heterocycles. The summed E-state index contributed by atoms with van der Waals surface area (Å²) in [5, 5.41) is 12.0. The summed E-state index contributed by atoms with van der Waals surface area (Å²) in [5.74, 6) is 1.69. The average molecular weight is 422 g/mol. The molecule has 0 saturated heterocycles. The van der Waals surface area contributed by atoms with Crippen molar-refractivity contribution in [1.82, 2.24) is 9.97 Å². The molecule has 6 heteroatoms. The molecule has 1 aromatic heterocycles. The van der Waals surface area contributed by atoms with Crippen LogP contribution in [0.4, 0.5) is 17.5 Å². The summed E-state index contributed by atoms with van der Waals surface area (Å²) >= 11 is 0. The largest absolute Gasteiger partial charge is 0.438 e. The first-order valence-corrected chi connectivity index (χ1v) is 10.2. The van der Waals surface area contributed by atoms with Crippen molar-refractivity contribution in [1.29, 1.82) is 5.26 Å². The van der Waals surface area contributed by atoms with E-state index < -0.39 is 0 Å². The van der Waals surface area contributed by atoms with Crippen LogP contribution in [0.15, 0.2) is 66.7 Å². The van der Waals surface area contributed by atoms with Crippen LogP contribution in [0.5, 0.6) is 11.6 Å². The molecule has 4 aromatic rings. The Morgan fingerprint density at radius 3 is 2.12 bits per heavy atom. The average Bonchev–Trinajstić information content (AvgIpc) is 2.77. The van der Waals surface area contributed by atoms with Crippen LogP contribution in [-0.4, -0.2) is 9.97 Å². The Morgan fingerprint density at radius 2 is 1.50 bits per heavy atom. The maximum absolute atomic E-state index is 8.94. The van der Waals surface area contributed by atoms with Crippen molar-refractivity contribution in [3.63, 3.8) is 0 Å². The van der Waals surface area contributed by atoms with Gasteiger partial charge in [0.05, 0.1) is 11.6 Å². The zero-order chi connectivity index (χ0) is 22.7. The van der Waals surface area contributed by atoms with Gasteiger partial charge in [0.15, 0.2) is 0 Å². The molecule has 0 radical (unpaired) electrons. The zero-order valence-electron chi connectivity index (χ0n) is 18.2. The van der Waals surface area contributed by atoms with Crippen LogP contribution < -0.4 is 15.8 Å². The van der Waals surface area contributed by atoms with E-state index in [2.05, 4.69) is 64.7 Å². The third-order valence-corrected chi connectivity index (χ3v) is 5.04. The number of nitrogens with zero attached hydrogens (tertiary/aromatic N) is 3. The standard InChI is InChI=1S/C26H23N5O/c1-16-4-8-20(9-5-16)21-12-17(2)25(18(3)13-21)32-24-14-23(28)30-26(31-24)29-22-10-6-19(15-27)7-11-22/h4-14H,1-3H3,(H3,28,29,30,31). The minimum absolute atomic E-state index is 0.290. The third kappa shape index (κ3) is 4.68.